The number of nitrogens with one attached hydrogen (secondary N) is 2. The van der Waals surface area contributed by atoms with Crippen molar-refractivity contribution in [3.63, 3.8) is 0 Å². The quantitative estimate of drug-likeness (QED) is 0.323. The zero-order valence-corrected chi connectivity index (χ0v) is 19.7. The molecule has 1 aliphatic rings. The highest BCUT2D eigenvalue weighted by molar-refractivity contribution is 6.04. The van der Waals surface area contributed by atoms with Crippen LogP contribution in [0.25, 0.3) is 11.3 Å². The Morgan fingerprint density at radius 2 is 1.72 bits per heavy atom. The molecule has 5 rings (SSSR count). The maximum absolute atomic E-state index is 13.2. The first-order valence-corrected chi connectivity index (χ1v) is 12.1. The Kier molecular flexibility index (Phi) is 6.75. The summed E-state index contributed by atoms with van der Waals surface area (Å²) in [6.07, 6.45) is 7.31. The first kappa shape index (κ1) is 23.3. The zero-order valence-electron chi connectivity index (χ0n) is 19.7. The van der Waals surface area contributed by atoms with E-state index in [1.165, 1.54) is 10.7 Å². The Morgan fingerprint density at radius 3 is 2.47 bits per heavy atom. The molecule has 3 N–H and O–H groups in total. The number of amides is 2. The Morgan fingerprint density at radius 1 is 0.972 bits per heavy atom. The number of aromatic hydroxyl groups is 1. The Balaban J connectivity index is 1.43. The van der Waals surface area contributed by atoms with Crippen molar-refractivity contribution in [2.75, 3.05) is 5.32 Å². The van der Waals surface area contributed by atoms with Gasteiger partial charge in [-0.1, -0.05) is 43.2 Å². The average molecular weight is 482 g/mol. The van der Waals surface area contributed by atoms with Crippen molar-refractivity contribution < 1.29 is 14.7 Å². The first-order chi connectivity index (χ1) is 17.6. The van der Waals surface area contributed by atoms with Crippen LogP contribution in [0.3, 0.4) is 0 Å². The Hall–Kier alpha value is -4.46. The standard InChI is InChI=1S/C28H27N5O3/c34-26-11-10-22(31-27(35)21-12-14-29-15-13-21)16-23(26)24-17-25(20-8-4-5-9-20)33(32-24)28(36)30-18-19-6-2-1-3-7-19/h1-3,6-7,10-17,20,34H,4-5,8-9,18H2,(H,30,36)(H,31,35). The number of phenols is 1. The van der Waals surface area contributed by atoms with Crippen LogP contribution in [0.1, 0.15) is 53.2 Å². The molecule has 8 heteroatoms. The Bertz CT molecular complexity index is 1360. The normalized spacial score (nSPS) is 13.4. The van der Waals surface area contributed by atoms with Crippen molar-refractivity contribution in [3.05, 3.63) is 95.9 Å². The van der Waals surface area contributed by atoms with Crippen molar-refractivity contribution in [2.24, 2.45) is 0 Å². The van der Waals surface area contributed by atoms with Crippen molar-refractivity contribution in [1.82, 2.24) is 20.1 Å². The lowest BCUT2D eigenvalue weighted by atomic mass is 10.0. The summed E-state index contributed by atoms with van der Waals surface area (Å²) in [7, 11) is 0. The van der Waals surface area contributed by atoms with E-state index in [0.29, 0.717) is 29.1 Å². The van der Waals surface area contributed by atoms with Gasteiger partial charge in [0.2, 0.25) is 0 Å². The summed E-state index contributed by atoms with van der Waals surface area (Å²) in [5.74, 6) is -0.0406. The maximum atomic E-state index is 13.2. The number of phenolic OH excluding ortho intramolecular Hbond substituents is 1. The lowest BCUT2D eigenvalue weighted by molar-refractivity contribution is 0.102. The van der Waals surface area contributed by atoms with Crippen molar-refractivity contribution in [3.8, 4) is 17.0 Å². The molecule has 1 fully saturated rings. The number of pyridine rings is 1. The third-order valence-corrected chi connectivity index (χ3v) is 6.46. The second-order valence-corrected chi connectivity index (χ2v) is 8.91. The molecule has 0 bridgehead atoms. The van der Waals surface area contributed by atoms with Gasteiger partial charge in [0, 0.05) is 41.7 Å². The van der Waals surface area contributed by atoms with Crippen LogP contribution in [0.5, 0.6) is 5.75 Å². The van der Waals surface area contributed by atoms with E-state index in [0.717, 1.165) is 36.9 Å². The van der Waals surface area contributed by atoms with Crippen molar-refractivity contribution in [2.45, 2.75) is 38.1 Å². The topological polar surface area (TPSA) is 109 Å². The largest absolute Gasteiger partial charge is 0.507 e. The predicted molar refractivity (Wildman–Crippen MR) is 137 cm³/mol. The Labute approximate surface area is 209 Å². The van der Waals surface area contributed by atoms with Gasteiger partial charge in [-0.15, -0.1) is 0 Å². The highest BCUT2D eigenvalue weighted by atomic mass is 16.3. The minimum Gasteiger partial charge on any atom is -0.507 e. The zero-order chi connectivity index (χ0) is 24.9. The highest BCUT2D eigenvalue weighted by Gasteiger charge is 2.26. The summed E-state index contributed by atoms with van der Waals surface area (Å²) in [5.41, 5.74) is 3.73. The third-order valence-electron chi connectivity index (χ3n) is 6.46. The van der Waals surface area contributed by atoms with E-state index < -0.39 is 0 Å². The monoisotopic (exact) mass is 481 g/mol. The molecule has 0 aliphatic heterocycles. The van der Waals surface area contributed by atoms with Gasteiger partial charge in [0.05, 0.1) is 11.4 Å². The molecule has 1 saturated carbocycles. The van der Waals surface area contributed by atoms with Crippen LogP contribution in [-0.2, 0) is 6.54 Å². The minimum absolute atomic E-state index is 0.0178. The molecule has 0 saturated heterocycles. The fourth-order valence-corrected chi connectivity index (χ4v) is 4.58. The van der Waals surface area contributed by atoms with E-state index in [1.807, 2.05) is 36.4 Å². The first-order valence-electron chi connectivity index (χ1n) is 12.1. The van der Waals surface area contributed by atoms with Gasteiger partial charge in [0.1, 0.15) is 5.75 Å². The molecule has 182 valence electrons. The summed E-state index contributed by atoms with van der Waals surface area (Å²) in [5, 5.41) is 21.0. The minimum atomic E-state index is -0.311. The van der Waals surface area contributed by atoms with E-state index in [2.05, 4.69) is 20.7 Å². The number of carbonyl (C=O) groups is 2. The molecule has 2 aromatic heterocycles. The number of hydrogen-bond donors (Lipinski definition) is 3. The number of benzene rings is 2. The molecular weight excluding hydrogens is 454 g/mol. The van der Waals surface area contributed by atoms with Crippen LogP contribution in [0.4, 0.5) is 10.5 Å². The molecule has 2 aromatic carbocycles. The van der Waals surface area contributed by atoms with Gasteiger partial charge in [0.15, 0.2) is 0 Å². The number of carbonyl (C=O) groups excluding carboxylic acids is 2. The van der Waals surface area contributed by atoms with Crippen LogP contribution in [0.2, 0.25) is 0 Å². The number of hydrogen-bond acceptors (Lipinski definition) is 5. The lowest BCUT2D eigenvalue weighted by Gasteiger charge is -2.12. The van der Waals surface area contributed by atoms with Crippen LogP contribution in [0.15, 0.2) is 79.1 Å². The summed E-state index contributed by atoms with van der Waals surface area (Å²) in [4.78, 5) is 29.7. The fraction of sp³-hybridized carbons (Fsp3) is 0.214. The van der Waals surface area contributed by atoms with Crippen molar-refractivity contribution in [1.29, 1.82) is 0 Å². The second-order valence-electron chi connectivity index (χ2n) is 8.91. The summed E-state index contributed by atoms with van der Waals surface area (Å²) >= 11 is 0. The van der Waals surface area contributed by atoms with Gasteiger partial charge >= 0.3 is 6.03 Å². The molecule has 0 unspecified atom stereocenters. The molecule has 1 aliphatic carbocycles. The molecule has 36 heavy (non-hydrogen) atoms. The van der Waals surface area contributed by atoms with Gasteiger partial charge in [-0.25, -0.2) is 4.79 Å². The number of rotatable bonds is 6. The maximum Gasteiger partial charge on any atom is 0.342 e. The van der Waals surface area contributed by atoms with E-state index in [-0.39, 0.29) is 23.6 Å². The highest BCUT2D eigenvalue weighted by Crippen LogP contribution is 2.38. The molecular formula is C28H27N5O3. The summed E-state index contributed by atoms with van der Waals surface area (Å²) in [6, 6.07) is 19.3. The van der Waals surface area contributed by atoms with Crippen LogP contribution in [-0.4, -0.2) is 31.8 Å². The van der Waals surface area contributed by atoms with Gasteiger partial charge in [-0.05, 0) is 54.8 Å². The van der Waals surface area contributed by atoms with Crippen LogP contribution < -0.4 is 10.6 Å². The number of anilines is 1. The number of nitrogens with zero attached hydrogens (tertiary/aromatic N) is 3. The molecule has 0 radical (unpaired) electrons. The molecule has 0 atom stereocenters. The molecule has 4 aromatic rings. The van der Waals surface area contributed by atoms with E-state index in [1.54, 1.807) is 36.7 Å². The predicted octanol–water partition coefficient (Wildman–Crippen LogP) is 5.32. The van der Waals surface area contributed by atoms with Crippen LogP contribution in [0, 0.1) is 0 Å². The van der Waals surface area contributed by atoms with Gasteiger partial charge in [-0.3, -0.25) is 9.78 Å². The van der Waals surface area contributed by atoms with E-state index in [9.17, 15) is 14.7 Å². The summed E-state index contributed by atoms with van der Waals surface area (Å²) < 4.78 is 1.43. The SMILES string of the molecule is O=C(Nc1ccc(O)c(-c2cc(C3CCCC3)n(C(=O)NCc3ccccc3)n2)c1)c1ccncc1. The van der Waals surface area contributed by atoms with E-state index in [4.69, 9.17) is 0 Å². The average Bonchev–Trinajstić information content (AvgIpc) is 3.60. The van der Waals surface area contributed by atoms with Gasteiger partial charge < -0.3 is 15.7 Å². The third kappa shape index (κ3) is 5.12. The van der Waals surface area contributed by atoms with Gasteiger partial charge in [-0.2, -0.15) is 9.78 Å². The second kappa shape index (κ2) is 10.4. The van der Waals surface area contributed by atoms with E-state index >= 15 is 0 Å². The fourth-order valence-electron chi connectivity index (χ4n) is 4.58. The van der Waals surface area contributed by atoms with Crippen LogP contribution >= 0.6 is 0 Å². The molecule has 8 nitrogen and oxygen atoms in total. The molecule has 2 amide bonds. The summed E-state index contributed by atoms with van der Waals surface area (Å²) in [6.45, 7) is 0.390. The smallest absolute Gasteiger partial charge is 0.342 e. The molecule has 2 heterocycles. The van der Waals surface area contributed by atoms with Gasteiger partial charge in [0.25, 0.3) is 5.91 Å². The molecule has 0 spiro atoms. The number of aromatic nitrogens is 3. The lowest BCUT2D eigenvalue weighted by Crippen LogP contribution is -2.30. The van der Waals surface area contributed by atoms with Crippen molar-refractivity contribution >= 4 is 17.6 Å².